The summed E-state index contributed by atoms with van der Waals surface area (Å²) in [6, 6.07) is 4.23. The van der Waals surface area contributed by atoms with Gasteiger partial charge in [0.05, 0.1) is 6.10 Å². The number of fused-ring (bicyclic) bond motifs is 6. The minimum atomic E-state index is -0.256. The van der Waals surface area contributed by atoms with Crippen molar-refractivity contribution >= 4 is 5.97 Å². The minimum absolute atomic E-state index is 0.146. The van der Waals surface area contributed by atoms with Crippen LogP contribution in [0.2, 0.25) is 0 Å². The van der Waals surface area contributed by atoms with Crippen molar-refractivity contribution in [2.45, 2.75) is 84.3 Å². The van der Waals surface area contributed by atoms with Gasteiger partial charge in [0.2, 0.25) is 0 Å². The molecule has 4 atom stereocenters. The maximum Gasteiger partial charge on any atom is 0.308 e. The van der Waals surface area contributed by atoms with Crippen LogP contribution in [0.4, 0.5) is 0 Å². The number of rotatable bonds is 2. The van der Waals surface area contributed by atoms with Gasteiger partial charge in [0.1, 0.15) is 11.9 Å². The molecular formula is C22H30O3. The van der Waals surface area contributed by atoms with E-state index in [0.29, 0.717) is 29.1 Å². The Kier molecular flexibility index (Phi) is 3.64. The smallest absolute Gasteiger partial charge is 0.308 e. The van der Waals surface area contributed by atoms with Gasteiger partial charge >= 0.3 is 5.97 Å². The summed E-state index contributed by atoms with van der Waals surface area (Å²) in [6.45, 7) is 13.1. The maximum atomic E-state index is 11.6. The summed E-state index contributed by atoms with van der Waals surface area (Å²) in [7, 11) is 0. The van der Waals surface area contributed by atoms with Crippen LogP contribution >= 0.6 is 0 Å². The van der Waals surface area contributed by atoms with Crippen LogP contribution in [0.3, 0.4) is 0 Å². The third-order valence-corrected chi connectivity index (χ3v) is 6.88. The van der Waals surface area contributed by atoms with Crippen molar-refractivity contribution in [1.82, 2.24) is 0 Å². The second-order valence-electron chi connectivity index (χ2n) is 9.45. The standard InChI is InChI=1S/C22H30O3/c1-12(2)16-15(24-13(3)23)9-8-14-17(16)18-19(25-18)20-21(4,5)10-7-11-22(14,20)6/h8-9,12,18-20H,7,10-11H2,1-6H3/t18-,19-,20-,22+/m0/s1. The molecule has 1 aliphatic heterocycles. The van der Waals surface area contributed by atoms with Gasteiger partial charge in [0, 0.05) is 18.4 Å². The lowest BCUT2D eigenvalue weighted by Gasteiger charge is -2.53. The molecule has 1 saturated heterocycles. The molecule has 0 amide bonds. The van der Waals surface area contributed by atoms with Crippen LogP contribution in [0, 0.1) is 11.3 Å². The third-order valence-electron chi connectivity index (χ3n) is 6.88. The Labute approximate surface area is 151 Å². The van der Waals surface area contributed by atoms with E-state index in [1.54, 1.807) is 0 Å². The zero-order valence-electron chi connectivity index (χ0n) is 16.3. The monoisotopic (exact) mass is 342 g/mol. The van der Waals surface area contributed by atoms with Crippen molar-refractivity contribution in [3.8, 4) is 5.75 Å². The van der Waals surface area contributed by atoms with Gasteiger partial charge in [-0.05, 0) is 46.8 Å². The van der Waals surface area contributed by atoms with E-state index < -0.39 is 0 Å². The van der Waals surface area contributed by atoms with Gasteiger partial charge in [-0.1, -0.05) is 47.1 Å². The average molecular weight is 342 g/mol. The predicted molar refractivity (Wildman–Crippen MR) is 97.9 cm³/mol. The molecule has 3 aliphatic rings. The molecule has 25 heavy (non-hydrogen) atoms. The van der Waals surface area contributed by atoms with Crippen molar-refractivity contribution < 1.29 is 14.3 Å². The highest BCUT2D eigenvalue weighted by molar-refractivity contribution is 5.71. The summed E-state index contributed by atoms with van der Waals surface area (Å²) in [5.41, 5.74) is 4.37. The summed E-state index contributed by atoms with van der Waals surface area (Å²) in [5, 5.41) is 0. The van der Waals surface area contributed by atoms with Crippen LogP contribution in [-0.4, -0.2) is 12.1 Å². The molecule has 0 radical (unpaired) electrons. The Morgan fingerprint density at radius 3 is 2.60 bits per heavy atom. The number of epoxide rings is 1. The Morgan fingerprint density at radius 2 is 1.96 bits per heavy atom. The van der Waals surface area contributed by atoms with Crippen LogP contribution < -0.4 is 4.74 Å². The molecule has 0 aromatic heterocycles. The van der Waals surface area contributed by atoms with E-state index in [0.717, 1.165) is 0 Å². The Morgan fingerprint density at radius 1 is 1.24 bits per heavy atom. The summed E-state index contributed by atoms with van der Waals surface area (Å²) >= 11 is 0. The van der Waals surface area contributed by atoms with Crippen LogP contribution in [0.1, 0.15) is 89.5 Å². The molecule has 1 saturated carbocycles. The summed E-state index contributed by atoms with van der Waals surface area (Å²) in [6.07, 6.45) is 4.25. The van der Waals surface area contributed by atoms with Crippen LogP contribution in [0.5, 0.6) is 5.75 Å². The second kappa shape index (κ2) is 5.33. The van der Waals surface area contributed by atoms with E-state index in [2.05, 4.69) is 40.7 Å². The van der Waals surface area contributed by atoms with E-state index in [1.165, 1.54) is 42.9 Å². The zero-order chi connectivity index (χ0) is 18.1. The van der Waals surface area contributed by atoms with E-state index >= 15 is 0 Å². The molecule has 2 fully saturated rings. The number of ether oxygens (including phenoxy) is 2. The first kappa shape index (κ1) is 17.1. The number of hydrogen-bond donors (Lipinski definition) is 0. The lowest BCUT2D eigenvalue weighted by molar-refractivity contribution is -0.131. The highest BCUT2D eigenvalue weighted by atomic mass is 16.6. The van der Waals surface area contributed by atoms with Gasteiger partial charge < -0.3 is 9.47 Å². The van der Waals surface area contributed by atoms with Gasteiger partial charge in [-0.2, -0.15) is 0 Å². The molecule has 1 heterocycles. The first-order valence-electron chi connectivity index (χ1n) is 9.68. The highest BCUT2D eigenvalue weighted by Gasteiger charge is 2.64. The van der Waals surface area contributed by atoms with Gasteiger partial charge in [-0.3, -0.25) is 4.79 Å². The molecule has 1 aromatic rings. The molecule has 3 nitrogen and oxygen atoms in total. The van der Waals surface area contributed by atoms with Crippen LogP contribution in [0.25, 0.3) is 0 Å². The Hall–Kier alpha value is -1.35. The van der Waals surface area contributed by atoms with Crippen molar-refractivity contribution in [2.75, 3.05) is 0 Å². The molecule has 0 bridgehead atoms. The number of hydrogen-bond acceptors (Lipinski definition) is 3. The largest absolute Gasteiger partial charge is 0.426 e. The maximum absolute atomic E-state index is 11.6. The molecule has 1 aromatic carbocycles. The molecule has 3 heteroatoms. The molecule has 136 valence electrons. The number of carbonyl (C=O) groups is 1. The predicted octanol–water partition coefficient (Wildman–Crippen LogP) is 5.27. The van der Waals surface area contributed by atoms with Crippen molar-refractivity contribution in [3.05, 3.63) is 28.8 Å². The lowest BCUT2D eigenvalue weighted by Crippen LogP contribution is -2.50. The quantitative estimate of drug-likeness (QED) is 0.417. The first-order chi connectivity index (χ1) is 11.7. The molecule has 4 rings (SSSR count). The molecule has 2 aliphatic carbocycles. The lowest BCUT2D eigenvalue weighted by atomic mass is 9.50. The summed E-state index contributed by atoms with van der Waals surface area (Å²) < 4.78 is 11.8. The van der Waals surface area contributed by atoms with Gasteiger partial charge in [-0.15, -0.1) is 0 Å². The normalized spacial score (nSPS) is 34.8. The highest BCUT2D eigenvalue weighted by Crippen LogP contribution is 2.67. The van der Waals surface area contributed by atoms with E-state index in [1.807, 2.05) is 6.07 Å². The van der Waals surface area contributed by atoms with E-state index in [-0.39, 0.29) is 17.5 Å². The Bertz CT molecular complexity index is 733. The fourth-order valence-corrected chi connectivity index (χ4v) is 6.06. The number of esters is 1. The Balaban J connectivity index is 1.92. The van der Waals surface area contributed by atoms with Crippen molar-refractivity contribution in [3.63, 3.8) is 0 Å². The zero-order valence-corrected chi connectivity index (χ0v) is 16.3. The number of carbonyl (C=O) groups excluding carboxylic acids is 1. The van der Waals surface area contributed by atoms with Gasteiger partial charge in [0.25, 0.3) is 0 Å². The molecular weight excluding hydrogens is 312 g/mol. The topological polar surface area (TPSA) is 38.8 Å². The van der Waals surface area contributed by atoms with E-state index in [4.69, 9.17) is 9.47 Å². The minimum Gasteiger partial charge on any atom is -0.426 e. The second-order valence-corrected chi connectivity index (χ2v) is 9.45. The molecule has 0 N–H and O–H groups in total. The van der Waals surface area contributed by atoms with E-state index in [9.17, 15) is 4.79 Å². The fourth-order valence-electron chi connectivity index (χ4n) is 6.06. The molecule has 0 unspecified atom stereocenters. The summed E-state index contributed by atoms with van der Waals surface area (Å²) in [4.78, 5) is 11.6. The van der Waals surface area contributed by atoms with Crippen LogP contribution in [0.15, 0.2) is 12.1 Å². The first-order valence-corrected chi connectivity index (χ1v) is 9.68. The van der Waals surface area contributed by atoms with Gasteiger partial charge in [-0.25, -0.2) is 0 Å². The third kappa shape index (κ3) is 2.38. The van der Waals surface area contributed by atoms with Gasteiger partial charge in [0.15, 0.2) is 0 Å². The van der Waals surface area contributed by atoms with Crippen molar-refractivity contribution in [2.24, 2.45) is 11.3 Å². The van der Waals surface area contributed by atoms with Crippen LogP contribution in [-0.2, 0) is 14.9 Å². The molecule has 0 spiro atoms. The van der Waals surface area contributed by atoms with Crippen molar-refractivity contribution in [1.29, 1.82) is 0 Å². The fraction of sp³-hybridized carbons (Fsp3) is 0.682. The SMILES string of the molecule is CC(=O)Oc1ccc2c(c1C(C)C)[C@@H]1O[C@@H]1[C@H]1C(C)(C)CCC[C@]21C. The summed E-state index contributed by atoms with van der Waals surface area (Å²) in [5.74, 6) is 1.32. The number of benzene rings is 1. The average Bonchev–Trinajstić information content (AvgIpc) is 3.24.